The van der Waals surface area contributed by atoms with Gasteiger partial charge in [0.05, 0.1) is 15.2 Å². The topological polar surface area (TPSA) is 74.2 Å². The standard InChI is InChI=1S/C18H24N6S2.HI/c1-3-19-17(20-9-8-16-23-12-13(2)25-16)21-10-11-22-18-24-14-6-4-5-7-15(14)26-18;/h4-7,12H,3,8-11H2,1-2H3,(H,22,24)(H2,19,20,21);1H. The molecular weight excluding hydrogens is 491 g/mol. The number of nitrogens with zero attached hydrogens (tertiary/aromatic N) is 3. The molecule has 0 fully saturated rings. The molecule has 0 saturated carbocycles. The van der Waals surface area contributed by atoms with Crippen molar-refractivity contribution in [3.8, 4) is 0 Å². The minimum Gasteiger partial charge on any atom is -0.360 e. The smallest absolute Gasteiger partial charge is 0.191 e. The number of hydrogen-bond acceptors (Lipinski definition) is 6. The van der Waals surface area contributed by atoms with Gasteiger partial charge < -0.3 is 16.0 Å². The van der Waals surface area contributed by atoms with Crippen LogP contribution in [0.4, 0.5) is 5.13 Å². The van der Waals surface area contributed by atoms with Crippen molar-refractivity contribution in [3.63, 3.8) is 0 Å². The van der Waals surface area contributed by atoms with E-state index in [1.54, 1.807) is 22.7 Å². The molecular formula is C18H25IN6S2. The van der Waals surface area contributed by atoms with Gasteiger partial charge in [0, 0.05) is 43.7 Å². The average Bonchev–Trinajstić information content (AvgIpc) is 3.24. The Morgan fingerprint density at radius 3 is 2.74 bits per heavy atom. The van der Waals surface area contributed by atoms with Gasteiger partial charge in [-0.15, -0.1) is 35.3 Å². The zero-order valence-electron chi connectivity index (χ0n) is 15.5. The van der Waals surface area contributed by atoms with Crippen LogP contribution in [0.25, 0.3) is 10.2 Å². The molecule has 6 nitrogen and oxygen atoms in total. The van der Waals surface area contributed by atoms with Gasteiger partial charge in [-0.05, 0) is 26.0 Å². The van der Waals surface area contributed by atoms with Crippen molar-refractivity contribution in [1.29, 1.82) is 0 Å². The van der Waals surface area contributed by atoms with Gasteiger partial charge in [0.15, 0.2) is 11.1 Å². The summed E-state index contributed by atoms with van der Waals surface area (Å²) >= 11 is 3.41. The highest BCUT2D eigenvalue weighted by molar-refractivity contribution is 14.0. The number of thiazole rings is 2. The summed E-state index contributed by atoms with van der Waals surface area (Å²) in [6.07, 6.45) is 2.79. The van der Waals surface area contributed by atoms with Gasteiger partial charge in [-0.25, -0.2) is 9.97 Å². The van der Waals surface area contributed by atoms with Crippen molar-refractivity contribution in [2.24, 2.45) is 4.99 Å². The highest BCUT2D eigenvalue weighted by Gasteiger charge is 2.03. The van der Waals surface area contributed by atoms with Crippen LogP contribution in [0.3, 0.4) is 0 Å². The molecule has 0 bridgehead atoms. The van der Waals surface area contributed by atoms with Crippen molar-refractivity contribution in [2.75, 3.05) is 31.5 Å². The molecule has 1 aromatic carbocycles. The van der Waals surface area contributed by atoms with E-state index in [0.29, 0.717) is 0 Å². The molecule has 3 aromatic rings. The average molecular weight is 516 g/mol. The minimum absolute atomic E-state index is 0. The molecule has 0 unspecified atom stereocenters. The Morgan fingerprint density at radius 1 is 1.15 bits per heavy atom. The normalized spacial score (nSPS) is 11.3. The Morgan fingerprint density at radius 2 is 2.00 bits per heavy atom. The largest absolute Gasteiger partial charge is 0.360 e. The maximum Gasteiger partial charge on any atom is 0.191 e. The van der Waals surface area contributed by atoms with Crippen LogP contribution >= 0.6 is 46.7 Å². The fourth-order valence-corrected chi connectivity index (χ4v) is 4.09. The molecule has 0 amide bonds. The highest BCUT2D eigenvalue weighted by Crippen LogP contribution is 2.24. The summed E-state index contributed by atoms with van der Waals surface area (Å²) in [7, 11) is 0. The van der Waals surface area contributed by atoms with E-state index in [2.05, 4.69) is 50.8 Å². The van der Waals surface area contributed by atoms with Crippen LogP contribution in [-0.2, 0) is 6.42 Å². The van der Waals surface area contributed by atoms with Gasteiger partial charge in [-0.3, -0.25) is 4.99 Å². The maximum absolute atomic E-state index is 4.62. The number of fused-ring (bicyclic) bond motifs is 1. The van der Waals surface area contributed by atoms with Crippen LogP contribution in [0, 0.1) is 6.92 Å². The second-order valence-corrected chi connectivity index (χ2v) is 8.07. The van der Waals surface area contributed by atoms with E-state index in [1.807, 2.05) is 24.4 Å². The van der Waals surface area contributed by atoms with Gasteiger partial charge in [0.1, 0.15) is 0 Å². The van der Waals surface area contributed by atoms with Crippen molar-refractivity contribution < 1.29 is 0 Å². The second kappa shape index (κ2) is 11.4. The minimum atomic E-state index is 0. The summed E-state index contributed by atoms with van der Waals surface area (Å²) in [6, 6.07) is 8.18. The Hall–Kier alpha value is -1.46. The molecule has 0 spiro atoms. The zero-order chi connectivity index (χ0) is 18.2. The third kappa shape index (κ3) is 6.89. The lowest BCUT2D eigenvalue weighted by molar-refractivity contribution is 0.814. The molecule has 27 heavy (non-hydrogen) atoms. The summed E-state index contributed by atoms with van der Waals surface area (Å²) < 4.78 is 1.20. The van der Waals surface area contributed by atoms with Gasteiger partial charge in [0.25, 0.3) is 0 Å². The Balaban J connectivity index is 0.00000261. The lowest BCUT2D eigenvalue weighted by Gasteiger charge is -2.11. The van der Waals surface area contributed by atoms with Crippen LogP contribution in [0.2, 0.25) is 0 Å². The number of aryl methyl sites for hydroxylation is 1. The summed E-state index contributed by atoms with van der Waals surface area (Å²) in [4.78, 5) is 14.8. The van der Waals surface area contributed by atoms with E-state index in [4.69, 9.17) is 0 Å². The molecule has 0 radical (unpaired) electrons. The summed E-state index contributed by atoms with van der Waals surface area (Å²) in [5.41, 5.74) is 1.04. The first-order chi connectivity index (χ1) is 12.7. The highest BCUT2D eigenvalue weighted by atomic mass is 127. The first kappa shape index (κ1) is 21.8. The molecule has 3 rings (SSSR count). The van der Waals surface area contributed by atoms with E-state index < -0.39 is 0 Å². The fourth-order valence-electron chi connectivity index (χ4n) is 2.42. The van der Waals surface area contributed by atoms with E-state index in [9.17, 15) is 0 Å². The van der Waals surface area contributed by atoms with E-state index in [0.717, 1.165) is 54.2 Å². The first-order valence-corrected chi connectivity index (χ1v) is 10.4. The van der Waals surface area contributed by atoms with Crippen LogP contribution in [0.1, 0.15) is 16.8 Å². The quantitative estimate of drug-likeness (QED) is 0.183. The molecule has 9 heteroatoms. The number of anilines is 1. The van der Waals surface area contributed by atoms with Gasteiger partial charge >= 0.3 is 0 Å². The van der Waals surface area contributed by atoms with E-state index in [-0.39, 0.29) is 24.0 Å². The molecule has 0 saturated heterocycles. The lowest BCUT2D eigenvalue weighted by atomic mass is 10.3. The van der Waals surface area contributed by atoms with Gasteiger partial charge in [0.2, 0.25) is 0 Å². The molecule has 146 valence electrons. The van der Waals surface area contributed by atoms with Crippen LogP contribution in [-0.4, -0.2) is 42.1 Å². The first-order valence-electron chi connectivity index (χ1n) is 8.77. The number of hydrogen-bond donors (Lipinski definition) is 3. The number of aromatic nitrogens is 2. The zero-order valence-corrected chi connectivity index (χ0v) is 19.5. The second-order valence-electron chi connectivity index (χ2n) is 5.72. The molecule has 0 atom stereocenters. The molecule has 0 aliphatic rings. The third-order valence-electron chi connectivity index (χ3n) is 3.60. The molecule has 2 heterocycles. The number of para-hydroxylation sites is 1. The maximum atomic E-state index is 4.62. The fraction of sp³-hybridized carbons (Fsp3) is 0.389. The predicted molar refractivity (Wildman–Crippen MR) is 128 cm³/mol. The Kier molecular flexibility index (Phi) is 9.22. The number of rotatable bonds is 8. The molecule has 3 N–H and O–H groups in total. The van der Waals surface area contributed by atoms with E-state index in [1.165, 1.54) is 9.58 Å². The van der Waals surface area contributed by atoms with Crippen molar-refractivity contribution in [1.82, 2.24) is 20.6 Å². The monoisotopic (exact) mass is 516 g/mol. The Labute approximate surface area is 184 Å². The van der Waals surface area contributed by atoms with Crippen molar-refractivity contribution in [3.05, 3.63) is 40.3 Å². The SMILES string of the molecule is CCNC(=NCCc1ncc(C)s1)NCCNc1nc2ccccc2s1.I. The van der Waals surface area contributed by atoms with Crippen LogP contribution in [0.15, 0.2) is 35.5 Å². The predicted octanol–water partition coefficient (Wildman–Crippen LogP) is 3.89. The number of benzene rings is 1. The Bertz CT molecular complexity index is 827. The third-order valence-corrected chi connectivity index (χ3v) is 5.56. The molecule has 0 aliphatic heterocycles. The number of guanidine groups is 1. The summed E-state index contributed by atoms with van der Waals surface area (Å²) in [6.45, 7) is 7.28. The summed E-state index contributed by atoms with van der Waals surface area (Å²) in [5.74, 6) is 0.840. The van der Waals surface area contributed by atoms with Gasteiger partial charge in [-0.2, -0.15) is 0 Å². The van der Waals surface area contributed by atoms with Crippen molar-refractivity contribution >= 4 is 68.0 Å². The van der Waals surface area contributed by atoms with Crippen LogP contribution in [0.5, 0.6) is 0 Å². The number of halogens is 1. The molecule has 0 aliphatic carbocycles. The van der Waals surface area contributed by atoms with Crippen molar-refractivity contribution in [2.45, 2.75) is 20.3 Å². The lowest BCUT2D eigenvalue weighted by Crippen LogP contribution is -2.39. The number of aliphatic imine (C=N–C) groups is 1. The summed E-state index contributed by atoms with van der Waals surface area (Å²) in [5, 5.41) is 12.1. The van der Waals surface area contributed by atoms with E-state index >= 15 is 0 Å². The number of nitrogens with one attached hydrogen (secondary N) is 3. The van der Waals surface area contributed by atoms with Gasteiger partial charge in [-0.1, -0.05) is 23.5 Å². The molecule has 2 aromatic heterocycles. The van der Waals surface area contributed by atoms with Crippen LogP contribution < -0.4 is 16.0 Å².